The van der Waals surface area contributed by atoms with Crippen molar-refractivity contribution in [3.63, 3.8) is 0 Å². The Labute approximate surface area is 150 Å². The van der Waals surface area contributed by atoms with Crippen LogP contribution in [0.1, 0.15) is 19.4 Å². The standard InChI is InChI=1S/C18H20N2O6/c1-17(2)14(11-9-7-6-8-10-11)19-18(25-5)12(15(21)23-3)13(16(22)24-4)26-20(17)18/h6-10H,1-5H3. The molecule has 1 unspecified atom stereocenters. The number of esters is 2. The number of carbonyl (C=O) groups excluding carboxylic acids is 2. The summed E-state index contributed by atoms with van der Waals surface area (Å²) in [5.74, 6) is -3.55. The Kier molecular flexibility index (Phi) is 4.33. The summed E-state index contributed by atoms with van der Waals surface area (Å²) in [5.41, 5.74) is 0.515. The predicted octanol–water partition coefficient (Wildman–Crippen LogP) is 1.42. The van der Waals surface area contributed by atoms with Crippen LogP contribution in [0.2, 0.25) is 0 Å². The van der Waals surface area contributed by atoms with Gasteiger partial charge in [-0.25, -0.2) is 14.6 Å². The van der Waals surface area contributed by atoms with E-state index in [1.54, 1.807) is 0 Å². The van der Waals surface area contributed by atoms with Crippen molar-refractivity contribution in [2.45, 2.75) is 25.2 Å². The highest BCUT2D eigenvalue weighted by Crippen LogP contribution is 2.49. The summed E-state index contributed by atoms with van der Waals surface area (Å²) < 4.78 is 15.2. The van der Waals surface area contributed by atoms with Crippen molar-refractivity contribution < 1.29 is 28.6 Å². The number of carbonyl (C=O) groups is 2. The molecule has 138 valence electrons. The molecule has 0 aromatic heterocycles. The van der Waals surface area contributed by atoms with Gasteiger partial charge in [0.05, 0.1) is 25.5 Å². The Bertz CT molecular complexity index is 814. The number of hydroxylamine groups is 2. The van der Waals surface area contributed by atoms with Gasteiger partial charge in [0.25, 0.3) is 5.85 Å². The number of hydrogen-bond acceptors (Lipinski definition) is 8. The lowest BCUT2D eigenvalue weighted by Crippen LogP contribution is -2.53. The molecule has 0 N–H and O–H groups in total. The molecule has 0 saturated heterocycles. The molecular formula is C18H20N2O6. The van der Waals surface area contributed by atoms with Gasteiger partial charge in [-0.3, -0.25) is 0 Å². The SMILES string of the molecule is COC(=O)C1=C(C(=O)OC)C2(OC)N=C(c3ccccc3)C(C)(C)N2O1. The smallest absolute Gasteiger partial charge is 0.376 e. The van der Waals surface area contributed by atoms with Crippen LogP contribution in [0, 0.1) is 0 Å². The number of nitrogens with zero attached hydrogens (tertiary/aromatic N) is 2. The quantitative estimate of drug-likeness (QED) is 0.751. The lowest BCUT2D eigenvalue weighted by molar-refractivity contribution is -0.256. The number of fused-ring (bicyclic) bond motifs is 1. The molecule has 1 aromatic carbocycles. The van der Waals surface area contributed by atoms with Crippen LogP contribution in [0.5, 0.6) is 0 Å². The highest BCUT2D eigenvalue weighted by molar-refractivity contribution is 6.10. The van der Waals surface area contributed by atoms with E-state index in [1.807, 2.05) is 44.2 Å². The molecule has 8 nitrogen and oxygen atoms in total. The van der Waals surface area contributed by atoms with Gasteiger partial charge < -0.3 is 19.0 Å². The van der Waals surface area contributed by atoms with Gasteiger partial charge in [0.15, 0.2) is 5.57 Å². The van der Waals surface area contributed by atoms with Crippen LogP contribution in [-0.4, -0.2) is 55.4 Å². The number of aliphatic imine (C=N–C) groups is 1. The molecule has 0 bridgehead atoms. The number of benzene rings is 1. The average Bonchev–Trinajstić information content (AvgIpc) is 3.11. The Morgan fingerprint density at radius 2 is 1.65 bits per heavy atom. The third-order valence-electron chi connectivity index (χ3n) is 4.45. The topological polar surface area (TPSA) is 86.7 Å². The maximum atomic E-state index is 12.5. The van der Waals surface area contributed by atoms with E-state index in [0.29, 0.717) is 5.71 Å². The number of rotatable bonds is 4. The lowest BCUT2D eigenvalue weighted by Gasteiger charge is -2.35. The van der Waals surface area contributed by atoms with Gasteiger partial charge in [-0.1, -0.05) is 35.4 Å². The lowest BCUT2D eigenvalue weighted by atomic mass is 9.93. The van der Waals surface area contributed by atoms with Gasteiger partial charge >= 0.3 is 11.9 Å². The average molecular weight is 360 g/mol. The molecule has 2 aliphatic rings. The monoisotopic (exact) mass is 360 g/mol. The van der Waals surface area contributed by atoms with Gasteiger partial charge in [-0.15, -0.1) is 0 Å². The second-order valence-corrected chi connectivity index (χ2v) is 6.27. The fraction of sp³-hybridized carbons (Fsp3) is 0.389. The molecule has 0 amide bonds. The van der Waals surface area contributed by atoms with E-state index in [4.69, 9.17) is 19.0 Å². The van der Waals surface area contributed by atoms with Crippen LogP contribution in [0.3, 0.4) is 0 Å². The van der Waals surface area contributed by atoms with E-state index in [9.17, 15) is 9.59 Å². The zero-order valence-electron chi connectivity index (χ0n) is 15.2. The van der Waals surface area contributed by atoms with Crippen molar-refractivity contribution >= 4 is 17.7 Å². The maximum absolute atomic E-state index is 12.5. The summed E-state index contributed by atoms with van der Waals surface area (Å²) in [6, 6.07) is 9.46. The van der Waals surface area contributed by atoms with Crippen molar-refractivity contribution in [3.8, 4) is 0 Å². The minimum Gasteiger partial charge on any atom is -0.465 e. The Morgan fingerprint density at radius 1 is 1.04 bits per heavy atom. The molecule has 26 heavy (non-hydrogen) atoms. The first-order chi connectivity index (χ1) is 12.3. The molecule has 1 atom stereocenters. The van der Waals surface area contributed by atoms with Crippen LogP contribution in [0.4, 0.5) is 0 Å². The molecule has 2 aliphatic heterocycles. The van der Waals surface area contributed by atoms with Crippen LogP contribution in [0.25, 0.3) is 0 Å². The summed E-state index contributed by atoms with van der Waals surface area (Å²) in [6.45, 7) is 3.71. The van der Waals surface area contributed by atoms with Crippen molar-refractivity contribution in [2.75, 3.05) is 21.3 Å². The van der Waals surface area contributed by atoms with E-state index in [2.05, 4.69) is 4.99 Å². The Hall–Kier alpha value is -2.71. The summed E-state index contributed by atoms with van der Waals surface area (Å²) in [7, 11) is 3.78. The van der Waals surface area contributed by atoms with Crippen molar-refractivity contribution in [1.29, 1.82) is 0 Å². The zero-order valence-corrected chi connectivity index (χ0v) is 15.2. The van der Waals surface area contributed by atoms with Crippen LogP contribution in [-0.2, 0) is 28.6 Å². The van der Waals surface area contributed by atoms with Crippen LogP contribution < -0.4 is 0 Å². The molecule has 8 heteroatoms. The molecule has 3 rings (SSSR count). The molecule has 0 saturated carbocycles. The first kappa shape index (κ1) is 18.1. The second-order valence-electron chi connectivity index (χ2n) is 6.27. The molecular weight excluding hydrogens is 340 g/mol. The third-order valence-corrected chi connectivity index (χ3v) is 4.45. The largest absolute Gasteiger partial charge is 0.465 e. The maximum Gasteiger partial charge on any atom is 0.376 e. The minimum absolute atomic E-state index is 0.159. The zero-order chi connectivity index (χ0) is 19.1. The van der Waals surface area contributed by atoms with E-state index in [-0.39, 0.29) is 11.3 Å². The number of ether oxygens (including phenoxy) is 3. The summed E-state index contributed by atoms with van der Waals surface area (Å²) in [6.07, 6.45) is 0. The van der Waals surface area contributed by atoms with Gasteiger partial charge in [-0.2, -0.15) is 0 Å². The van der Waals surface area contributed by atoms with Crippen molar-refractivity contribution in [2.24, 2.45) is 4.99 Å². The number of hydrogen-bond donors (Lipinski definition) is 0. The van der Waals surface area contributed by atoms with E-state index < -0.39 is 23.3 Å². The summed E-state index contributed by atoms with van der Waals surface area (Å²) in [4.78, 5) is 35.0. The van der Waals surface area contributed by atoms with Crippen molar-refractivity contribution in [3.05, 3.63) is 47.2 Å². The first-order valence-electron chi connectivity index (χ1n) is 7.94. The first-order valence-corrected chi connectivity index (χ1v) is 7.94. The number of methoxy groups -OCH3 is 3. The summed E-state index contributed by atoms with van der Waals surface area (Å²) in [5, 5.41) is 1.38. The third kappa shape index (κ3) is 2.33. The molecule has 1 aromatic rings. The second kappa shape index (κ2) is 6.22. The minimum atomic E-state index is -1.65. The predicted molar refractivity (Wildman–Crippen MR) is 90.8 cm³/mol. The Balaban J connectivity index is 2.24. The van der Waals surface area contributed by atoms with Gasteiger partial charge in [0, 0.05) is 7.11 Å². The van der Waals surface area contributed by atoms with E-state index in [1.165, 1.54) is 26.4 Å². The fourth-order valence-corrected chi connectivity index (χ4v) is 3.23. The Morgan fingerprint density at radius 3 is 2.19 bits per heavy atom. The highest BCUT2D eigenvalue weighted by Gasteiger charge is 2.66. The normalized spacial score (nSPS) is 24.0. The van der Waals surface area contributed by atoms with Gasteiger partial charge in [0.2, 0.25) is 5.76 Å². The summed E-state index contributed by atoms with van der Waals surface area (Å²) >= 11 is 0. The van der Waals surface area contributed by atoms with Gasteiger partial charge in [0.1, 0.15) is 0 Å². The molecule has 2 heterocycles. The molecule has 0 radical (unpaired) electrons. The van der Waals surface area contributed by atoms with E-state index >= 15 is 0 Å². The van der Waals surface area contributed by atoms with Crippen LogP contribution in [0.15, 0.2) is 46.7 Å². The van der Waals surface area contributed by atoms with Crippen LogP contribution >= 0.6 is 0 Å². The van der Waals surface area contributed by atoms with E-state index in [0.717, 1.165) is 5.56 Å². The van der Waals surface area contributed by atoms with Crippen molar-refractivity contribution in [1.82, 2.24) is 5.06 Å². The molecule has 0 fully saturated rings. The molecule has 0 aliphatic carbocycles. The fourth-order valence-electron chi connectivity index (χ4n) is 3.23. The molecule has 0 spiro atoms. The highest BCUT2D eigenvalue weighted by atomic mass is 16.8. The van der Waals surface area contributed by atoms with Gasteiger partial charge in [-0.05, 0) is 19.4 Å².